The van der Waals surface area contributed by atoms with Crippen LogP contribution in [0.2, 0.25) is 0 Å². The van der Waals surface area contributed by atoms with Gasteiger partial charge in [0, 0.05) is 66.0 Å². The molecule has 4 heterocycles. The van der Waals surface area contributed by atoms with Crippen molar-refractivity contribution >= 4 is 54.4 Å². The number of amides is 1. The molecule has 15 nitrogen and oxygen atoms in total. The lowest BCUT2D eigenvalue weighted by molar-refractivity contribution is -0.247. The number of aromatic nitrogens is 4. The van der Waals surface area contributed by atoms with Crippen LogP contribution in [-0.4, -0.2) is 94.4 Å². The van der Waals surface area contributed by atoms with Gasteiger partial charge in [0.05, 0.1) is 41.0 Å². The fraction of sp³-hybridized carbons (Fsp3) is 0.500. The number of carboxylic acid groups (broad SMARTS) is 1. The first-order chi connectivity index (χ1) is 30.0. The second kappa shape index (κ2) is 16.2. The summed E-state index contributed by atoms with van der Waals surface area (Å²) < 4.78 is 48.0. The van der Waals surface area contributed by atoms with E-state index in [1.54, 1.807) is 18.3 Å². The Bertz CT molecular complexity index is 2660. The molecule has 334 valence electrons. The molecule has 17 heteroatoms. The molecule has 2 atom stereocenters. The van der Waals surface area contributed by atoms with Crippen LogP contribution in [0.15, 0.2) is 54.9 Å². The summed E-state index contributed by atoms with van der Waals surface area (Å²) >= 11 is 1.37. The summed E-state index contributed by atoms with van der Waals surface area (Å²) in [6.45, 7) is 9.79. The highest BCUT2D eigenvalue weighted by atomic mass is 32.2. The zero-order valence-corrected chi connectivity index (χ0v) is 37.8. The third-order valence-corrected chi connectivity index (χ3v) is 15.4. The number of fused-ring (bicyclic) bond motifs is 2. The van der Waals surface area contributed by atoms with Gasteiger partial charge in [-0.1, -0.05) is 37.3 Å². The third kappa shape index (κ3) is 8.57. The molecule has 1 aliphatic heterocycles. The van der Waals surface area contributed by atoms with Gasteiger partial charge in [0.25, 0.3) is 16.0 Å². The maximum atomic E-state index is 14.1. The third-order valence-electron chi connectivity index (χ3n) is 13.7. The highest BCUT2D eigenvalue weighted by Gasteiger charge is 2.66. The van der Waals surface area contributed by atoms with E-state index in [9.17, 15) is 27.7 Å². The van der Waals surface area contributed by atoms with Gasteiger partial charge in [-0.15, -0.1) is 0 Å². The molecule has 63 heavy (non-hydrogen) atoms. The highest BCUT2D eigenvalue weighted by molar-refractivity contribution is 7.85. The van der Waals surface area contributed by atoms with Crippen LogP contribution in [-0.2, 0) is 34.4 Å². The van der Waals surface area contributed by atoms with Crippen LogP contribution < -0.4 is 20.3 Å². The smallest absolute Gasteiger partial charge is 0.355 e. The minimum atomic E-state index is -4.16. The van der Waals surface area contributed by atoms with E-state index in [1.807, 2.05) is 44.3 Å². The number of aromatic carboxylic acids is 1. The van der Waals surface area contributed by atoms with Crippen molar-refractivity contribution in [3.05, 3.63) is 82.9 Å². The van der Waals surface area contributed by atoms with Crippen molar-refractivity contribution in [1.82, 2.24) is 25.1 Å². The van der Waals surface area contributed by atoms with Crippen molar-refractivity contribution in [1.29, 1.82) is 0 Å². The summed E-state index contributed by atoms with van der Waals surface area (Å²) in [6, 6.07) is 12.9. The number of para-hydroxylation sites is 1. The maximum Gasteiger partial charge on any atom is 0.355 e. The molecule has 1 amide bonds. The van der Waals surface area contributed by atoms with Crippen molar-refractivity contribution < 1.29 is 37.1 Å². The SMILES string of the molecule is CNCCOC12CC3(C)CC(C)(CC(Cn4ncc(-c5c(N6CCc7c(OCCCS(=O)(=O)O)ccc(C(=O)Nc8nc9ccccc9s8)c7C6)ccnc5C(=O)O)c4C)(C3)C1)C2. The Balaban J connectivity index is 1.05. The fourth-order valence-electron chi connectivity index (χ4n) is 12.5. The Morgan fingerprint density at radius 2 is 1.76 bits per heavy atom. The summed E-state index contributed by atoms with van der Waals surface area (Å²) in [5, 5.41) is 22.3. The van der Waals surface area contributed by atoms with Crippen molar-refractivity contribution in [3.63, 3.8) is 0 Å². The number of rotatable bonds is 16. The maximum absolute atomic E-state index is 14.1. The number of pyridine rings is 1. The molecule has 4 saturated carbocycles. The average molecular weight is 898 g/mol. The summed E-state index contributed by atoms with van der Waals surface area (Å²) in [5.41, 5.74) is 5.37. The number of benzene rings is 2. The lowest BCUT2D eigenvalue weighted by atomic mass is 9.39. The van der Waals surface area contributed by atoms with Gasteiger partial charge in [-0.2, -0.15) is 13.5 Å². The number of carboxylic acids is 1. The highest BCUT2D eigenvalue weighted by Crippen LogP contribution is 2.72. The molecule has 4 fully saturated rings. The lowest BCUT2D eigenvalue weighted by Gasteiger charge is -2.69. The molecule has 5 aromatic rings. The molecule has 5 aliphatic rings. The second-order valence-electron chi connectivity index (χ2n) is 19.1. The van der Waals surface area contributed by atoms with Crippen LogP contribution in [0.1, 0.15) is 96.5 Å². The number of nitrogens with one attached hydrogen (secondary N) is 2. The number of nitrogens with zero attached hydrogens (tertiary/aromatic N) is 5. The molecule has 10 rings (SSSR count). The molecule has 4 bridgehead atoms. The number of ether oxygens (including phenoxy) is 2. The number of anilines is 2. The molecule has 3 aromatic heterocycles. The Labute approximate surface area is 371 Å². The first-order valence-electron chi connectivity index (χ1n) is 21.7. The van der Waals surface area contributed by atoms with Gasteiger partial charge in [0.2, 0.25) is 0 Å². The summed E-state index contributed by atoms with van der Waals surface area (Å²) in [5.74, 6) is -1.44. The molecule has 0 saturated heterocycles. The van der Waals surface area contributed by atoms with Crippen LogP contribution in [0.4, 0.5) is 10.8 Å². The van der Waals surface area contributed by atoms with Gasteiger partial charge in [0.1, 0.15) is 5.75 Å². The van der Waals surface area contributed by atoms with E-state index < -0.39 is 21.8 Å². The standard InChI is InChI=1S/C46H55N7O8S2/c1-29-32(20-49-53(29)28-45-23-43(2)22-44(3,24-45)26-46(25-43,27-45)61-18-15-47-4)38-35(12-14-48-39(38)41(55)56)52-16-13-30-33(21-52)31(10-11-36(30)60-17-7-19-63(57,58)59)40(54)51-42-50-34-8-5-6-9-37(34)62-42/h5-6,8-12,14,20,47H,7,13,15-19,21-28H2,1-4H3,(H,55,56)(H,50,51,54)(H,57,58,59). The summed E-state index contributed by atoms with van der Waals surface area (Å²) in [7, 11) is -2.20. The topological polar surface area (TPSA) is 198 Å². The average Bonchev–Trinajstić information content (AvgIpc) is 3.78. The number of likely N-dealkylation sites (N-methyl/N-ethyl adjacent to an activating group) is 1. The molecular weight excluding hydrogens is 843 g/mol. The predicted octanol–water partition coefficient (Wildman–Crippen LogP) is 7.39. The van der Waals surface area contributed by atoms with Gasteiger partial charge in [-0.25, -0.2) is 14.8 Å². The van der Waals surface area contributed by atoms with E-state index in [0.29, 0.717) is 64.9 Å². The normalized spacial score (nSPS) is 25.1. The van der Waals surface area contributed by atoms with Gasteiger partial charge in [0.15, 0.2) is 10.8 Å². The van der Waals surface area contributed by atoms with Crippen molar-refractivity contribution in [2.75, 3.05) is 49.3 Å². The van der Waals surface area contributed by atoms with Crippen molar-refractivity contribution in [3.8, 4) is 16.9 Å². The Morgan fingerprint density at radius 3 is 2.49 bits per heavy atom. The van der Waals surface area contributed by atoms with Crippen molar-refractivity contribution in [2.45, 2.75) is 90.8 Å². The quantitative estimate of drug-likeness (QED) is 0.0566. The molecule has 4 N–H and O–H groups in total. The first-order valence-corrected chi connectivity index (χ1v) is 24.1. The first kappa shape index (κ1) is 43.3. The summed E-state index contributed by atoms with van der Waals surface area (Å²) in [4.78, 5) is 38.2. The molecular formula is C46H55N7O8S2. The number of hydrogen-bond acceptors (Lipinski definition) is 12. The number of carbonyl (C=O) groups is 2. The van der Waals surface area contributed by atoms with Crippen LogP contribution >= 0.6 is 11.3 Å². The number of thiazole rings is 1. The van der Waals surface area contributed by atoms with Crippen molar-refractivity contribution in [2.24, 2.45) is 16.2 Å². The van der Waals surface area contributed by atoms with Gasteiger partial charge >= 0.3 is 5.97 Å². The van der Waals surface area contributed by atoms with E-state index in [0.717, 1.165) is 60.1 Å². The zero-order chi connectivity index (χ0) is 44.4. The lowest BCUT2D eigenvalue weighted by Crippen LogP contribution is -2.64. The predicted molar refractivity (Wildman–Crippen MR) is 241 cm³/mol. The molecule has 2 aromatic carbocycles. The second-order valence-corrected chi connectivity index (χ2v) is 21.7. The minimum absolute atomic E-state index is 0.0234. The Hall–Kier alpha value is -4.94. The Morgan fingerprint density at radius 1 is 0.984 bits per heavy atom. The number of carbonyl (C=O) groups excluding carboxylic acids is 1. The van der Waals surface area contributed by atoms with Gasteiger partial charge in [-0.05, 0) is 117 Å². The monoisotopic (exact) mass is 897 g/mol. The van der Waals surface area contributed by atoms with Gasteiger partial charge in [-0.3, -0.25) is 19.3 Å². The summed E-state index contributed by atoms with van der Waals surface area (Å²) in [6.07, 6.45) is 10.3. The zero-order valence-electron chi connectivity index (χ0n) is 36.2. The Kier molecular flexibility index (Phi) is 11.2. The largest absolute Gasteiger partial charge is 0.493 e. The molecule has 4 aliphatic carbocycles. The number of hydrogen-bond donors (Lipinski definition) is 4. The molecule has 0 radical (unpaired) electrons. The van der Waals surface area contributed by atoms with Crippen LogP contribution in [0.3, 0.4) is 0 Å². The molecule has 2 unspecified atom stereocenters. The van der Waals surface area contributed by atoms with E-state index in [4.69, 9.17) is 14.6 Å². The van der Waals surface area contributed by atoms with E-state index in [2.05, 4.69) is 44.0 Å². The van der Waals surface area contributed by atoms with E-state index in [-0.39, 0.29) is 53.0 Å². The van der Waals surface area contributed by atoms with Crippen LogP contribution in [0, 0.1) is 23.2 Å². The fourth-order valence-corrected chi connectivity index (χ4v) is 13.9. The van der Waals surface area contributed by atoms with E-state index in [1.165, 1.54) is 24.0 Å². The minimum Gasteiger partial charge on any atom is -0.493 e. The van der Waals surface area contributed by atoms with E-state index >= 15 is 0 Å². The van der Waals surface area contributed by atoms with Gasteiger partial charge < -0.3 is 24.8 Å². The van der Waals surface area contributed by atoms with Crippen LogP contribution in [0.5, 0.6) is 5.75 Å². The van der Waals surface area contributed by atoms with Crippen LogP contribution in [0.25, 0.3) is 21.3 Å². The molecule has 0 spiro atoms.